The normalized spacial score (nSPS) is 11.8. The fourth-order valence-corrected chi connectivity index (χ4v) is 2.08. The van der Waals surface area contributed by atoms with Crippen LogP contribution < -0.4 is 10.6 Å². The molecule has 0 bridgehead atoms. The van der Waals surface area contributed by atoms with Crippen molar-refractivity contribution in [2.24, 2.45) is 5.92 Å². The number of hydrogen-bond acceptors (Lipinski definition) is 3. The second-order valence-corrected chi connectivity index (χ2v) is 5.96. The van der Waals surface area contributed by atoms with Crippen LogP contribution in [0, 0.1) is 12.8 Å². The molecule has 3 N–H and O–H groups in total. The smallest absolute Gasteiger partial charge is 0.326 e. The summed E-state index contributed by atoms with van der Waals surface area (Å²) in [5.74, 6) is -0.980. The Balaban J connectivity index is 2.39. The maximum atomic E-state index is 11.9. The molecular weight excluding hydrogens is 296 g/mol. The van der Waals surface area contributed by atoms with Crippen LogP contribution >= 0.6 is 0 Å². The SMILES string of the molecule is Cc1ccc(C(=O)CCNC(=O)NC(CC(C)C)C(=O)O)cc1. The Hall–Kier alpha value is -2.37. The molecule has 23 heavy (non-hydrogen) atoms. The summed E-state index contributed by atoms with van der Waals surface area (Å²) in [5, 5.41) is 14.0. The van der Waals surface area contributed by atoms with Crippen LogP contribution in [0.4, 0.5) is 4.79 Å². The molecule has 1 aromatic rings. The number of urea groups is 1. The molecule has 0 fully saturated rings. The molecule has 2 amide bonds. The minimum Gasteiger partial charge on any atom is -0.480 e. The third-order valence-corrected chi connectivity index (χ3v) is 3.32. The average molecular weight is 320 g/mol. The lowest BCUT2D eigenvalue weighted by atomic mass is 10.0. The van der Waals surface area contributed by atoms with Gasteiger partial charge >= 0.3 is 12.0 Å². The van der Waals surface area contributed by atoms with Gasteiger partial charge in [-0.1, -0.05) is 43.7 Å². The minimum absolute atomic E-state index is 0.0673. The van der Waals surface area contributed by atoms with Gasteiger partial charge in [-0.3, -0.25) is 4.79 Å². The highest BCUT2D eigenvalue weighted by Crippen LogP contribution is 2.06. The van der Waals surface area contributed by atoms with E-state index < -0.39 is 18.0 Å². The van der Waals surface area contributed by atoms with Crippen molar-refractivity contribution in [3.8, 4) is 0 Å². The molecule has 0 aliphatic carbocycles. The number of carbonyl (C=O) groups excluding carboxylic acids is 2. The van der Waals surface area contributed by atoms with E-state index in [9.17, 15) is 14.4 Å². The molecule has 1 rings (SSSR count). The molecule has 0 aliphatic heterocycles. The zero-order valence-electron chi connectivity index (χ0n) is 13.8. The first-order chi connectivity index (χ1) is 10.8. The van der Waals surface area contributed by atoms with Gasteiger partial charge in [-0.05, 0) is 19.3 Å². The van der Waals surface area contributed by atoms with Crippen LogP contribution in [0.25, 0.3) is 0 Å². The number of hydrogen-bond donors (Lipinski definition) is 3. The lowest BCUT2D eigenvalue weighted by Gasteiger charge is -2.16. The van der Waals surface area contributed by atoms with Crippen molar-refractivity contribution in [3.63, 3.8) is 0 Å². The van der Waals surface area contributed by atoms with Crippen LogP contribution in [-0.2, 0) is 4.79 Å². The largest absolute Gasteiger partial charge is 0.480 e. The summed E-state index contributed by atoms with van der Waals surface area (Å²) in [6, 6.07) is 5.72. The van der Waals surface area contributed by atoms with Crippen molar-refractivity contribution in [1.29, 1.82) is 0 Å². The van der Waals surface area contributed by atoms with E-state index in [0.29, 0.717) is 12.0 Å². The molecule has 6 heteroatoms. The van der Waals surface area contributed by atoms with Gasteiger partial charge in [0, 0.05) is 18.5 Å². The molecule has 0 heterocycles. The summed E-state index contributed by atoms with van der Waals surface area (Å²) in [7, 11) is 0. The highest BCUT2D eigenvalue weighted by Gasteiger charge is 2.20. The molecule has 0 spiro atoms. The monoisotopic (exact) mass is 320 g/mol. The second kappa shape index (κ2) is 8.92. The molecule has 1 aromatic carbocycles. The number of Topliss-reactive ketones (excluding diaryl/α,β-unsaturated/α-hetero) is 1. The Labute approximate surface area is 136 Å². The van der Waals surface area contributed by atoms with Crippen molar-refractivity contribution >= 4 is 17.8 Å². The first-order valence-corrected chi connectivity index (χ1v) is 7.66. The first kappa shape index (κ1) is 18.7. The molecular formula is C17H24N2O4. The number of carboxylic acid groups (broad SMARTS) is 1. The fraction of sp³-hybridized carbons (Fsp3) is 0.471. The third-order valence-electron chi connectivity index (χ3n) is 3.32. The van der Waals surface area contributed by atoms with Crippen molar-refractivity contribution in [3.05, 3.63) is 35.4 Å². The minimum atomic E-state index is -1.07. The van der Waals surface area contributed by atoms with E-state index in [1.54, 1.807) is 12.1 Å². The van der Waals surface area contributed by atoms with Gasteiger partial charge in [0.2, 0.25) is 0 Å². The van der Waals surface area contributed by atoms with Gasteiger partial charge in [0.05, 0.1) is 0 Å². The van der Waals surface area contributed by atoms with Gasteiger partial charge < -0.3 is 15.7 Å². The molecule has 1 unspecified atom stereocenters. The van der Waals surface area contributed by atoms with Gasteiger partial charge in [-0.25, -0.2) is 9.59 Å². The molecule has 0 saturated heterocycles. The number of amides is 2. The van der Waals surface area contributed by atoms with E-state index >= 15 is 0 Å². The number of carbonyl (C=O) groups is 3. The quantitative estimate of drug-likeness (QED) is 0.641. The van der Waals surface area contributed by atoms with Crippen molar-refractivity contribution in [2.45, 2.75) is 39.7 Å². The molecule has 1 atom stereocenters. The Bertz CT molecular complexity index is 552. The van der Waals surface area contributed by atoms with Crippen LogP contribution in [0.1, 0.15) is 42.6 Å². The topological polar surface area (TPSA) is 95.5 Å². The maximum absolute atomic E-state index is 11.9. The maximum Gasteiger partial charge on any atom is 0.326 e. The van der Waals surface area contributed by atoms with Crippen LogP contribution in [0.5, 0.6) is 0 Å². The number of benzene rings is 1. The zero-order chi connectivity index (χ0) is 17.4. The van der Waals surface area contributed by atoms with E-state index in [0.717, 1.165) is 5.56 Å². The summed E-state index contributed by atoms with van der Waals surface area (Å²) >= 11 is 0. The summed E-state index contributed by atoms with van der Waals surface area (Å²) in [5.41, 5.74) is 1.67. The lowest BCUT2D eigenvalue weighted by Crippen LogP contribution is -2.46. The van der Waals surface area contributed by atoms with Gasteiger partial charge in [-0.15, -0.1) is 0 Å². The van der Waals surface area contributed by atoms with Crippen LogP contribution in [-0.4, -0.2) is 35.5 Å². The van der Waals surface area contributed by atoms with Gasteiger partial charge in [0.25, 0.3) is 0 Å². The van der Waals surface area contributed by atoms with E-state index in [1.165, 1.54) is 0 Å². The van der Waals surface area contributed by atoms with Gasteiger partial charge in [0.15, 0.2) is 5.78 Å². The standard InChI is InChI=1S/C17H24N2O4/c1-11(2)10-14(16(21)22)19-17(23)18-9-8-15(20)13-6-4-12(3)5-7-13/h4-7,11,14H,8-10H2,1-3H3,(H,21,22)(H2,18,19,23). The van der Waals surface area contributed by atoms with E-state index in [-0.39, 0.29) is 24.7 Å². The number of aryl methyl sites for hydroxylation is 1. The summed E-state index contributed by atoms with van der Waals surface area (Å²) in [6.07, 6.45) is 0.517. The Kier molecular flexibility index (Phi) is 7.25. The number of aliphatic carboxylic acids is 1. The lowest BCUT2D eigenvalue weighted by molar-refractivity contribution is -0.139. The molecule has 0 aromatic heterocycles. The van der Waals surface area contributed by atoms with Crippen molar-refractivity contribution < 1.29 is 19.5 Å². The van der Waals surface area contributed by atoms with E-state index in [2.05, 4.69) is 10.6 Å². The Morgan fingerprint density at radius 2 is 1.74 bits per heavy atom. The molecule has 0 aliphatic rings. The van der Waals surface area contributed by atoms with Crippen molar-refractivity contribution in [2.75, 3.05) is 6.54 Å². The van der Waals surface area contributed by atoms with Gasteiger partial charge in [0.1, 0.15) is 6.04 Å². The highest BCUT2D eigenvalue weighted by atomic mass is 16.4. The van der Waals surface area contributed by atoms with Crippen LogP contribution in [0.2, 0.25) is 0 Å². The zero-order valence-corrected chi connectivity index (χ0v) is 13.8. The Morgan fingerprint density at radius 3 is 2.26 bits per heavy atom. The van der Waals surface area contributed by atoms with E-state index in [1.807, 2.05) is 32.9 Å². The van der Waals surface area contributed by atoms with Crippen molar-refractivity contribution in [1.82, 2.24) is 10.6 Å². The average Bonchev–Trinajstić information content (AvgIpc) is 2.46. The molecule has 0 radical (unpaired) electrons. The predicted octanol–water partition coefficient (Wildman–Crippen LogP) is 2.37. The van der Waals surface area contributed by atoms with E-state index in [4.69, 9.17) is 5.11 Å². The number of nitrogens with one attached hydrogen (secondary N) is 2. The predicted molar refractivity (Wildman–Crippen MR) is 87.5 cm³/mol. The first-order valence-electron chi connectivity index (χ1n) is 7.66. The summed E-state index contributed by atoms with van der Waals surface area (Å²) < 4.78 is 0. The summed E-state index contributed by atoms with van der Waals surface area (Å²) in [6.45, 7) is 5.87. The second-order valence-electron chi connectivity index (χ2n) is 5.96. The van der Waals surface area contributed by atoms with Crippen LogP contribution in [0.15, 0.2) is 24.3 Å². The summed E-state index contributed by atoms with van der Waals surface area (Å²) in [4.78, 5) is 34.7. The number of ketones is 1. The molecule has 0 saturated carbocycles. The highest BCUT2D eigenvalue weighted by molar-refractivity contribution is 5.96. The Morgan fingerprint density at radius 1 is 1.13 bits per heavy atom. The number of carboxylic acids is 1. The number of rotatable bonds is 8. The fourth-order valence-electron chi connectivity index (χ4n) is 2.08. The third kappa shape index (κ3) is 6.95. The molecule has 6 nitrogen and oxygen atoms in total. The van der Waals surface area contributed by atoms with Crippen LogP contribution in [0.3, 0.4) is 0 Å². The molecule has 126 valence electrons. The van der Waals surface area contributed by atoms with Gasteiger partial charge in [-0.2, -0.15) is 0 Å².